The fraction of sp³-hybridized carbons (Fsp3) is 0.857. The van der Waals surface area contributed by atoms with E-state index in [1.54, 1.807) is 5.48 Å². The van der Waals surface area contributed by atoms with Crippen LogP contribution < -0.4 is 5.48 Å². The maximum Gasteiger partial charge on any atom is 0.305 e. The molecule has 0 aliphatic carbocycles. The summed E-state index contributed by atoms with van der Waals surface area (Å²) in [6.45, 7) is 2.29. The van der Waals surface area contributed by atoms with Crippen LogP contribution in [-0.4, -0.2) is 23.7 Å². The highest BCUT2D eigenvalue weighted by Crippen LogP contribution is 2.10. The topological polar surface area (TPSA) is 75.6 Å². The summed E-state index contributed by atoms with van der Waals surface area (Å²) >= 11 is 0. The van der Waals surface area contributed by atoms with Crippen molar-refractivity contribution >= 4 is 11.9 Å². The molecule has 0 aromatic rings. The van der Waals surface area contributed by atoms with Crippen molar-refractivity contribution in [2.75, 3.05) is 6.61 Å². The fourth-order valence-corrected chi connectivity index (χ4v) is 1.90. The van der Waals surface area contributed by atoms with Crippen LogP contribution in [0, 0.1) is 0 Å². The van der Waals surface area contributed by atoms with Crippen molar-refractivity contribution in [1.82, 2.24) is 5.48 Å². The maximum absolute atomic E-state index is 11.1. The quantitative estimate of drug-likeness (QED) is 0.248. The van der Waals surface area contributed by atoms with E-state index < -0.39 is 0 Å². The molecule has 0 rings (SSSR count). The first-order chi connectivity index (χ1) is 9.20. The molecule has 0 spiro atoms. The molecule has 0 aromatic heterocycles. The minimum Gasteiger partial charge on any atom is -0.466 e. The van der Waals surface area contributed by atoms with Crippen LogP contribution in [0.2, 0.25) is 0 Å². The van der Waals surface area contributed by atoms with Crippen LogP contribution in [0.15, 0.2) is 0 Å². The van der Waals surface area contributed by atoms with Gasteiger partial charge < -0.3 is 4.74 Å². The van der Waals surface area contributed by atoms with E-state index in [2.05, 4.69) is 0 Å². The number of ether oxygens (including phenoxy) is 1. The SMILES string of the molecule is CCOC(=O)CCCCCCCCCCC(=O)NO. The third-order valence-electron chi connectivity index (χ3n) is 2.96. The van der Waals surface area contributed by atoms with Crippen LogP contribution in [0.1, 0.15) is 71.1 Å². The van der Waals surface area contributed by atoms with Crippen molar-refractivity contribution in [3.05, 3.63) is 0 Å². The Balaban J connectivity index is 3.11. The number of hydroxylamine groups is 1. The maximum atomic E-state index is 11.1. The average Bonchev–Trinajstić information content (AvgIpc) is 2.40. The number of unbranched alkanes of at least 4 members (excludes halogenated alkanes) is 7. The Bertz CT molecular complexity index is 244. The lowest BCUT2D eigenvalue weighted by molar-refractivity contribution is -0.143. The highest BCUT2D eigenvalue weighted by Gasteiger charge is 2.01. The van der Waals surface area contributed by atoms with E-state index in [1.165, 1.54) is 12.8 Å². The van der Waals surface area contributed by atoms with Gasteiger partial charge in [0.15, 0.2) is 0 Å². The van der Waals surface area contributed by atoms with Crippen LogP contribution in [0.3, 0.4) is 0 Å². The molecule has 0 radical (unpaired) electrons. The molecule has 0 aliphatic heterocycles. The normalized spacial score (nSPS) is 10.2. The zero-order valence-corrected chi connectivity index (χ0v) is 12.0. The zero-order chi connectivity index (χ0) is 14.3. The average molecular weight is 273 g/mol. The number of carbonyl (C=O) groups excluding carboxylic acids is 2. The Morgan fingerprint density at radius 3 is 1.84 bits per heavy atom. The molecule has 0 bridgehead atoms. The van der Waals surface area contributed by atoms with Gasteiger partial charge in [-0.25, -0.2) is 5.48 Å². The van der Waals surface area contributed by atoms with Crippen LogP contribution in [-0.2, 0) is 14.3 Å². The monoisotopic (exact) mass is 273 g/mol. The van der Waals surface area contributed by atoms with Gasteiger partial charge in [0, 0.05) is 12.8 Å². The summed E-state index contributed by atoms with van der Waals surface area (Å²) in [7, 11) is 0. The molecule has 2 N–H and O–H groups in total. The smallest absolute Gasteiger partial charge is 0.305 e. The molecular weight excluding hydrogens is 246 g/mol. The molecule has 0 atom stereocenters. The van der Waals surface area contributed by atoms with Gasteiger partial charge >= 0.3 is 5.97 Å². The van der Waals surface area contributed by atoms with Crippen molar-refractivity contribution in [3.63, 3.8) is 0 Å². The lowest BCUT2D eigenvalue weighted by Gasteiger charge is -2.03. The molecule has 0 fully saturated rings. The lowest BCUT2D eigenvalue weighted by atomic mass is 10.1. The molecule has 0 saturated heterocycles. The van der Waals surface area contributed by atoms with Crippen molar-refractivity contribution in [3.8, 4) is 0 Å². The molecule has 19 heavy (non-hydrogen) atoms. The van der Waals surface area contributed by atoms with E-state index in [-0.39, 0.29) is 11.9 Å². The molecule has 5 nitrogen and oxygen atoms in total. The summed E-state index contributed by atoms with van der Waals surface area (Å²) in [6.07, 6.45) is 9.38. The van der Waals surface area contributed by atoms with Gasteiger partial charge in [0.2, 0.25) is 5.91 Å². The van der Waals surface area contributed by atoms with E-state index >= 15 is 0 Å². The van der Waals surface area contributed by atoms with Crippen LogP contribution in [0.5, 0.6) is 0 Å². The highest BCUT2D eigenvalue weighted by molar-refractivity contribution is 5.74. The van der Waals surface area contributed by atoms with Crippen molar-refractivity contribution in [2.45, 2.75) is 71.1 Å². The number of rotatable bonds is 12. The van der Waals surface area contributed by atoms with Crippen LogP contribution in [0.4, 0.5) is 0 Å². The van der Waals surface area contributed by atoms with E-state index in [9.17, 15) is 9.59 Å². The third kappa shape index (κ3) is 13.1. The molecular formula is C14H27NO4. The second-order valence-electron chi connectivity index (χ2n) is 4.67. The number of amides is 1. The second-order valence-corrected chi connectivity index (χ2v) is 4.67. The summed E-state index contributed by atoms with van der Waals surface area (Å²) in [5.74, 6) is -0.399. The third-order valence-corrected chi connectivity index (χ3v) is 2.96. The van der Waals surface area contributed by atoms with Crippen LogP contribution in [0.25, 0.3) is 0 Å². The Kier molecular flexibility index (Phi) is 12.6. The van der Waals surface area contributed by atoms with Gasteiger partial charge in [-0.2, -0.15) is 0 Å². The van der Waals surface area contributed by atoms with Crippen molar-refractivity contribution < 1.29 is 19.5 Å². The van der Waals surface area contributed by atoms with Crippen molar-refractivity contribution in [2.24, 2.45) is 0 Å². The number of hydrogen-bond acceptors (Lipinski definition) is 4. The van der Waals surface area contributed by atoms with E-state index in [0.717, 1.165) is 38.5 Å². The lowest BCUT2D eigenvalue weighted by Crippen LogP contribution is -2.17. The number of nitrogens with one attached hydrogen (secondary N) is 1. The van der Waals surface area contributed by atoms with Crippen molar-refractivity contribution in [1.29, 1.82) is 0 Å². The summed E-state index contributed by atoms with van der Waals surface area (Å²) in [5, 5.41) is 8.30. The number of hydrogen-bond donors (Lipinski definition) is 2. The Morgan fingerprint density at radius 1 is 0.895 bits per heavy atom. The molecule has 0 aromatic carbocycles. The standard InChI is InChI=1S/C14H27NO4/c1-2-19-14(17)12-10-8-6-4-3-5-7-9-11-13(16)15-18/h18H,2-12H2,1H3,(H,15,16). The zero-order valence-electron chi connectivity index (χ0n) is 12.0. The van der Waals surface area contributed by atoms with Gasteiger partial charge in [0.25, 0.3) is 0 Å². The van der Waals surface area contributed by atoms with Gasteiger partial charge in [0.05, 0.1) is 6.61 Å². The predicted octanol–water partition coefficient (Wildman–Crippen LogP) is 2.96. The van der Waals surface area contributed by atoms with E-state index in [0.29, 0.717) is 19.4 Å². The van der Waals surface area contributed by atoms with Gasteiger partial charge in [-0.3, -0.25) is 14.8 Å². The van der Waals surface area contributed by atoms with Gasteiger partial charge in [-0.1, -0.05) is 38.5 Å². The van der Waals surface area contributed by atoms with E-state index in [4.69, 9.17) is 9.94 Å². The summed E-state index contributed by atoms with van der Waals surface area (Å²) < 4.78 is 4.85. The molecule has 1 amide bonds. The Labute approximate surface area is 115 Å². The molecule has 112 valence electrons. The molecule has 0 heterocycles. The summed E-state index contributed by atoms with van der Waals surface area (Å²) in [4.78, 5) is 21.8. The van der Waals surface area contributed by atoms with Gasteiger partial charge in [-0.05, 0) is 19.8 Å². The molecule has 0 unspecified atom stereocenters. The Morgan fingerprint density at radius 2 is 1.37 bits per heavy atom. The minimum atomic E-state index is -0.307. The number of carbonyl (C=O) groups is 2. The first kappa shape index (κ1) is 17.9. The van der Waals surface area contributed by atoms with E-state index in [1.807, 2.05) is 6.92 Å². The molecule has 0 aliphatic rings. The fourth-order valence-electron chi connectivity index (χ4n) is 1.90. The van der Waals surface area contributed by atoms with Crippen LogP contribution >= 0.6 is 0 Å². The first-order valence-corrected chi connectivity index (χ1v) is 7.29. The number of esters is 1. The first-order valence-electron chi connectivity index (χ1n) is 7.29. The molecule has 0 saturated carbocycles. The second kappa shape index (κ2) is 13.3. The highest BCUT2D eigenvalue weighted by atomic mass is 16.5. The molecule has 5 heteroatoms. The largest absolute Gasteiger partial charge is 0.466 e. The Hall–Kier alpha value is -1.10. The minimum absolute atomic E-state index is 0.0929. The summed E-state index contributed by atoms with van der Waals surface area (Å²) in [6, 6.07) is 0. The van der Waals surface area contributed by atoms with Gasteiger partial charge in [0.1, 0.15) is 0 Å². The predicted molar refractivity (Wildman–Crippen MR) is 72.7 cm³/mol. The van der Waals surface area contributed by atoms with Gasteiger partial charge in [-0.15, -0.1) is 0 Å². The summed E-state index contributed by atoms with van der Waals surface area (Å²) in [5.41, 5.74) is 1.63.